The van der Waals surface area contributed by atoms with Crippen molar-refractivity contribution in [3.8, 4) is 0 Å². The maximum Gasteiger partial charge on any atom is 0.265 e. The molecule has 1 aliphatic rings. The van der Waals surface area contributed by atoms with Crippen LogP contribution in [0.4, 0.5) is 20.3 Å². The minimum Gasteiger partial charge on any atom is -0.384 e. The first kappa shape index (κ1) is 21.2. The summed E-state index contributed by atoms with van der Waals surface area (Å²) in [6, 6.07) is 5.75. The molecule has 2 heterocycles. The molecule has 158 valence electrons. The highest BCUT2D eigenvalue weighted by atomic mass is 32.2. The molecule has 0 saturated heterocycles. The molecule has 30 heavy (non-hydrogen) atoms. The number of hydrogen-bond acceptors (Lipinski definition) is 6. The zero-order valence-corrected chi connectivity index (χ0v) is 16.9. The van der Waals surface area contributed by atoms with Crippen molar-refractivity contribution >= 4 is 33.0 Å². The van der Waals surface area contributed by atoms with Gasteiger partial charge in [-0.3, -0.25) is 9.52 Å². The topological polar surface area (TPSA) is 117 Å². The zero-order valence-electron chi connectivity index (χ0n) is 16.1. The zero-order chi connectivity index (χ0) is 22.1. The molecule has 0 radical (unpaired) electrons. The van der Waals surface area contributed by atoms with Gasteiger partial charge in [0.2, 0.25) is 5.91 Å². The van der Waals surface area contributed by atoms with Gasteiger partial charge in [-0.05, 0) is 41.5 Å². The predicted octanol–water partition coefficient (Wildman–Crippen LogP) is 2.22. The predicted molar refractivity (Wildman–Crippen MR) is 109 cm³/mol. The summed E-state index contributed by atoms with van der Waals surface area (Å²) in [5.41, 5.74) is 6.78. The van der Waals surface area contributed by atoms with E-state index in [0.29, 0.717) is 29.6 Å². The van der Waals surface area contributed by atoms with Crippen LogP contribution in [0.15, 0.2) is 53.3 Å². The third-order valence-corrected chi connectivity index (χ3v) is 5.67. The highest BCUT2D eigenvalue weighted by Gasteiger charge is 2.27. The Morgan fingerprint density at radius 1 is 1.23 bits per heavy atom. The van der Waals surface area contributed by atoms with Crippen molar-refractivity contribution in [2.75, 3.05) is 23.6 Å². The van der Waals surface area contributed by atoms with E-state index < -0.39 is 27.3 Å². The largest absolute Gasteiger partial charge is 0.384 e. The fourth-order valence-electron chi connectivity index (χ4n) is 2.85. The molecule has 0 bridgehead atoms. The van der Waals surface area contributed by atoms with Crippen molar-refractivity contribution in [3.05, 3.63) is 70.5 Å². The number of aromatic nitrogens is 1. The van der Waals surface area contributed by atoms with E-state index in [0.717, 1.165) is 12.1 Å². The number of anilines is 2. The van der Waals surface area contributed by atoms with Crippen LogP contribution in [-0.4, -0.2) is 37.8 Å². The first-order valence-electron chi connectivity index (χ1n) is 8.70. The van der Waals surface area contributed by atoms with Crippen molar-refractivity contribution in [1.82, 2.24) is 9.88 Å². The third kappa shape index (κ3) is 4.57. The summed E-state index contributed by atoms with van der Waals surface area (Å²) < 4.78 is 54.9. The van der Waals surface area contributed by atoms with E-state index in [-0.39, 0.29) is 16.6 Å². The van der Waals surface area contributed by atoms with E-state index in [2.05, 4.69) is 15.0 Å². The Morgan fingerprint density at radius 2 is 1.97 bits per heavy atom. The van der Waals surface area contributed by atoms with Gasteiger partial charge in [0.25, 0.3) is 10.0 Å². The van der Waals surface area contributed by atoms with Crippen LogP contribution in [0.5, 0.6) is 0 Å². The van der Waals surface area contributed by atoms with Gasteiger partial charge in [0, 0.05) is 32.8 Å². The van der Waals surface area contributed by atoms with Gasteiger partial charge in [0.15, 0.2) is 0 Å². The van der Waals surface area contributed by atoms with Crippen molar-refractivity contribution in [2.45, 2.75) is 6.92 Å². The van der Waals surface area contributed by atoms with Gasteiger partial charge in [-0.1, -0.05) is 0 Å². The number of rotatable bonds is 5. The molecule has 0 atom stereocenters. The second kappa shape index (κ2) is 8.11. The third-order valence-electron chi connectivity index (χ3n) is 4.28. The number of nitrogens with one attached hydrogen (secondary N) is 2. The summed E-state index contributed by atoms with van der Waals surface area (Å²) in [6.45, 7) is 1.63. The van der Waals surface area contributed by atoms with Gasteiger partial charge >= 0.3 is 0 Å². The first-order chi connectivity index (χ1) is 14.1. The highest BCUT2D eigenvalue weighted by molar-refractivity contribution is 7.96. The number of halogens is 2. The summed E-state index contributed by atoms with van der Waals surface area (Å²) in [4.78, 5) is 16.5. The Morgan fingerprint density at radius 3 is 2.63 bits per heavy atom. The van der Waals surface area contributed by atoms with Crippen LogP contribution in [0.2, 0.25) is 0 Å². The summed E-state index contributed by atoms with van der Waals surface area (Å²) in [6.07, 6.45) is 2.84. The fraction of sp³-hybridized carbons (Fsp3) is 0.158. The van der Waals surface area contributed by atoms with E-state index in [1.807, 2.05) is 0 Å². The second-order valence-corrected chi connectivity index (χ2v) is 8.27. The quantitative estimate of drug-likeness (QED) is 0.663. The molecule has 3 rings (SSSR count). The number of sulfonamides is 1. The normalized spacial score (nSPS) is 14.4. The average molecular weight is 435 g/mol. The molecule has 0 fully saturated rings. The van der Waals surface area contributed by atoms with E-state index in [1.165, 1.54) is 24.1 Å². The Hall–Kier alpha value is -3.47. The molecular weight excluding hydrogens is 416 g/mol. The van der Waals surface area contributed by atoms with Crippen LogP contribution in [-0.2, 0) is 14.8 Å². The molecule has 0 unspecified atom stereocenters. The number of carbonyl (C=O) groups is 1. The van der Waals surface area contributed by atoms with Gasteiger partial charge in [0.1, 0.15) is 28.2 Å². The highest BCUT2D eigenvalue weighted by Crippen LogP contribution is 2.29. The summed E-state index contributed by atoms with van der Waals surface area (Å²) in [7, 11) is -2.68. The van der Waals surface area contributed by atoms with Gasteiger partial charge in [-0.25, -0.2) is 22.2 Å². The van der Waals surface area contributed by atoms with Gasteiger partial charge in [0.05, 0.1) is 5.69 Å². The Bertz CT molecular complexity index is 1180. The van der Waals surface area contributed by atoms with Gasteiger partial charge in [-0.15, -0.1) is 0 Å². The fourth-order valence-corrected chi connectivity index (χ4v) is 4.14. The number of allylic oxidation sites excluding steroid dienone is 1. The average Bonchev–Trinajstić information content (AvgIpc) is 2.65. The number of amides is 1. The number of likely N-dealkylation sites (N-methyl/N-ethyl adjacent to an activating group) is 1. The molecule has 1 aliphatic heterocycles. The monoisotopic (exact) mass is 435 g/mol. The van der Waals surface area contributed by atoms with E-state index in [1.54, 1.807) is 19.2 Å². The Labute approximate surface area is 172 Å². The van der Waals surface area contributed by atoms with Crippen LogP contribution in [0.1, 0.15) is 12.5 Å². The van der Waals surface area contributed by atoms with Crippen molar-refractivity contribution in [2.24, 2.45) is 5.73 Å². The van der Waals surface area contributed by atoms with E-state index >= 15 is 0 Å². The maximum atomic E-state index is 13.9. The lowest BCUT2D eigenvalue weighted by Gasteiger charge is -2.28. The summed E-state index contributed by atoms with van der Waals surface area (Å²) >= 11 is 0. The standard InChI is InChI=1S/C19H19F2N5O3S/c1-11(27)24-18-8-12(5-6-23-18)13-7-17(19(22)26(2)10-13)30(28,29)25-16-4-3-14(20)9-15(16)21/h3-9,25H,10,22H2,1-2H3,(H,23,24,27). The second-order valence-electron chi connectivity index (χ2n) is 6.62. The number of hydrogen-bond donors (Lipinski definition) is 3. The lowest BCUT2D eigenvalue weighted by atomic mass is 10.0. The van der Waals surface area contributed by atoms with E-state index in [4.69, 9.17) is 5.73 Å². The van der Waals surface area contributed by atoms with Gasteiger partial charge in [-0.2, -0.15) is 0 Å². The first-order valence-corrected chi connectivity index (χ1v) is 10.2. The molecule has 1 amide bonds. The number of nitrogens with two attached hydrogens (primary N) is 1. The van der Waals surface area contributed by atoms with Crippen LogP contribution in [0.25, 0.3) is 5.57 Å². The smallest absolute Gasteiger partial charge is 0.265 e. The molecule has 0 spiro atoms. The summed E-state index contributed by atoms with van der Waals surface area (Å²) in [5, 5.41) is 2.56. The molecule has 11 heteroatoms. The number of nitrogens with zero attached hydrogens (tertiary/aromatic N) is 2. The molecule has 0 saturated carbocycles. The molecule has 8 nitrogen and oxygen atoms in total. The molecule has 2 aromatic rings. The van der Waals surface area contributed by atoms with E-state index in [9.17, 15) is 22.0 Å². The Balaban J connectivity index is 1.99. The van der Waals surface area contributed by atoms with Gasteiger partial charge < -0.3 is 16.0 Å². The van der Waals surface area contributed by atoms with Crippen molar-refractivity contribution in [1.29, 1.82) is 0 Å². The minimum atomic E-state index is -4.29. The minimum absolute atomic E-state index is 0.0371. The van der Waals surface area contributed by atoms with Crippen molar-refractivity contribution in [3.63, 3.8) is 0 Å². The van der Waals surface area contributed by atoms with Crippen molar-refractivity contribution < 1.29 is 22.0 Å². The lowest BCUT2D eigenvalue weighted by Crippen LogP contribution is -2.33. The number of pyridine rings is 1. The molecule has 0 aliphatic carbocycles. The molecule has 1 aromatic carbocycles. The number of carbonyl (C=O) groups excluding carboxylic acids is 1. The number of benzene rings is 1. The van der Waals surface area contributed by atoms with Crippen LogP contribution < -0.4 is 15.8 Å². The van der Waals surface area contributed by atoms with Crippen LogP contribution in [0, 0.1) is 11.6 Å². The molecule has 1 aromatic heterocycles. The van der Waals surface area contributed by atoms with Crippen LogP contribution >= 0.6 is 0 Å². The summed E-state index contributed by atoms with van der Waals surface area (Å²) in [5.74, 6) is -1.92. The van der Waals surface area contributed by atoms with Crippen LogP contribution in [0.3, 0.4) is 0 Å². The maximum absolute atomic E-state index is 13.9. The molecular formula is C19H19F2N5O3S. The SMILES string of the molecule is CC(=O)Nc1cc(C2=CC(S(=O)(=O)Nc3ccc(F)cc3F)=C(N)N(C)C2)ccn1. The Kier molecular flexibility index (Phi) is 5.74. The lowest BCUT2D eigenvalue weighted by molar-refractivity contribution is -0.114. The molecule has 4 N–H and O–H groups in total.